The van der Waals surface area contributed by atoms with Crippen molar-refractivity contribution in [3.05, 3.63) is 29.8 Å². The number of hydrogen-bond donors (Lipinski definition) is 1. The number of alkyl halides is 2. The molecule has 2 nitrogen and oxygen atoms in total. The molecule has 68 valence electrons. The molecule has 13 heavy (non-hydrogen) atoms. The van der Waals surface area contributed by atoms with Gasteiger partial charge in [-0.15, -0.1) is 0 Å². The second-order valence-corrected chi connectivity index (χ2v) is 2.59. The first-order chi connectivity index (χ1) is 6.06. The maximum atomic E-state index is 13.0. The predicted molar refractivity (Wildman–Crippen MR) is 42.2 cm³/mol. The third kappa shape index (κ3) is 2.15. The standard InChI is InChI=1S/C9H7F2NO/c10-9(11,5-6-12)7-1-3-8(13)4-2-7/h1-4,13H,5H2. The third-order valence-electron chi connectivity index (χ3n) is 1.59. The van der Waals surface area contributed by atoms with E-state index in [1.807, 2.05) is 0 Å². The minimum atomic E-state index is -3.14. The first-order valence-corrected chi connectivity index (χ1v) is 3.60. The van der Waals surface area contributed by atoms with Gasteiger partial charge in [0.1, 0.15) is 12.2 Å². The van der Waals surface area contributed by atoms with Gasteiger partial charge in [0.25, 0.3) is 5.92 Å². The lowest BCUT2D eigenvalue weighted by molar-refractivity contribution is 0.000924. The maximum absolute atomic E-state index is 13.0. The summed E-state index contributed by atoms with van der Waals surface area (Å²) in [5.74, 6) is -3.21. The van der Waals surface area contributed by atoms with E-state index in [-0.39, 0.29) is 11.3 Å². The summed E-state index contributed by atoms with van der Waals surface area (Å²) < 4.78 is 26.0. The molecule has 0 aliphatic carbocycles. The van der Waals surface area contributed by atoms with Crippen molar-refractivity contribution in [2.45, 2.75) is 12.3 Å². The topological polar surface area (TPSA) is 44.0 Å². The number of benzene rings is 1. The predicted octanol–water partition coefficient (Wildman–Crippen LogP) is 2.40. The van der Waals surface area contributed by atoms with Crippen LogP contribution < -0.4 is 0 Å². The average Bonchev–Trinajstić information content (AvgIpc) is 2.05. The molecule has 0 saturated carbocycles. The normalized spacial score (nSPS) is 10.8. The van der Waals surface area contributed by atoms with Crippen LogP contribution in [0.25, 0.3) is 0 Å². The van der Waals surface area contributed by atoms with Crippen molar-refractivity contribution in [2.24, 2.45) is 0 Å². The minimum Gasteiger partial charge on any atom is -0.508 e. The number of phenolic OH excluding ortho intramolecular Hbond substituents is 1. The van der Waals surface area contributed by atoms with Crippen molar-refractivity contribution in [3.63, 3.8) is 0 Å². The first kappa shape index (κ1) is 9.46. The first-order valence-electron chi connectivity index (χ1n) is 3.60. The van der Waals surface area contributed by atoms with E-state index in [0.717, 1.165) is 12.1 Å². The largest absolute Gasteiger partial charge is 0.508 e. The maximum Gasteiger partial charge on any atom is 0.286 e. The molecule has 1 aromatic rings. The average molecular weight is 183 g/mol. The molecule has 1 aromatic carbocycles. The number of halogens is 2. The second-order valence-electron chi connectivity index (χ2n) is 2.59. The van der Waals surface area contributed by atoms with Crippen molar-refractivity contribution >= 4 is 0 Å². The lowest BCUT2D eigenvalue weighted by atomic mass is 10.1. The highest BCUT2D eigenvalue weighted by atomic mass is 19.3. The molecular weight excluding hydrogens is 176 g/mol. The van der Waals surface area contributed by atoms with E-state index in [1.165, 1.54) is 18.2 Å². The molecule has 0 saturated heterocycles. The van der Waals surface area contributed by atoms with Gasteiger partial charge in [-0.3, -0.25) is 0 Å². The summed E-state index contributed by atoms with van der Waals surface area (Å²) in [7, 11) is 0. The van der Waals surface area contributed by atoms with Crippen LogP contribution in [0.15, 0.2) is 24.3 Å². The summed E-state index contributed by atoms with van der Waals surface area (Å²) in [6, 6.07) is 5.95. The van der Waals surface area contributed by atoms with Gasteiger partial charge in [0, 0.05) is 5.56 Å². The zero-order valence-electron chi connectivity index (χ0n) is 6.67. The summed E-state index contributed by atoms with van der Waals surface area (Å²) in [4.78, 5) is 0. The van der Waals surface area contributed by atoms with Gasteiger partial charge in [0.2, 0.25) is 0 Å². The Labute approximate surface area is 74.0 Å². The van der Waals surface area contributed by atoms with Gasteiger partial charge in [0.15, 0.2) is 0 Å². The van der Waals surface area contributed by atoms with E-state index in [4.69, 9.17) is 10.4 Å². The molecule has 0 bridgehead atoms. The zero-order chi connectivity index (χ0) is 9.90. The van der Waals surface area contributed by atoms with E-state index in [9.17, 15) is 8.78 Å². The Hall–Kier alpha value is -1.63. The molecule has 1 rings (SSSR count). The molecule has 0 atom stereocenters. The van der Waals surface area contributed by atoms with Gasteiger partial charge in [-0.05, 0) is 24.3 Å². The van der Waals surface area contributed by atoms with Gasteiger partial charge in [-0.2, -0.15) is 5.26 Å². The summed E-state index contributed by atoms with van der Waals surface area (Å²) in [6.45, 7) is 0. The molecule has 0 heterocycles. The minimum absolute atomic E-state index is 0.0727. The number of rotatable bonds is 2. The quantitative estimate of drug-likeness (QED) is 0.765. The Morgan fingerprint density at radius 2 is 1.85 bits per heavy atom. The van der Waals surface area contributed by atoms with E-state index in [2.05, 4.69) is 0 Å². The van der Waals surface area contributed by atoms with E-state index < -0.39 is 12.3 Å². The van der Waals surface area contributed by atoms with Gasteiger partial charge in [0.05, 0.1) is 6.07 Å². The van der Waals surface area contributed by atoms with Gasteiger partial charge in [-0.25, -0.2) is 8.78 Å². The molecule has 0 aliphatic heterocycles. The Morgan fingerprint density at radius 1 is 1.31 bits per heavy atom. The zero-order valence-corrected chi connectivity index (χ0v) is 6.67. The molecule has 0 amide bonds. The van der Waals surface area contributed by atoms with E-state index in [0.29, 0.717) is 0 Å². The van der Waals surface area contributed by atoms with Crippen LogP contribution in [-0.2, 0) is 5.92 Å². The highest BCUT2D eigenvalue weighted by molar-refractivity contribution is 5.29. The van der Waals surface area contributed by atoms with Gasteiger partial charge in [-0.1, -0.05) is 0 Å². The summed E-state index contributed by atoms with van der Waals surface area (Å²) in [5, 5.41) is 17.0. The second kappa shape index (κ2) is 3.40. The smallest absolute Gasteiger partial charge is 0.286 e. The third-order valence-corrected chi connectivity index (χ3v) is 1.59. The van der Waals surface area contributed by atoms with Crippen molar-refractivity contribution < 1.29 is 13.9 Å². The SMILES string of the molecule is N#CCC(F)(F)c1ccc(O)cc1. The van der Waals surface area contributed by atoms with Crippen LogP contribution in [0.5, 0.6) is 5.75 Å². The Kier molecular flexibility index (Phi) is 2.47. The van der Waals surface area contributed by atoms with Crippen LogP contribution in [-0.4, -0.2) is 5.11 Å². The van der Waals surface area contributed by atoms with Crippen molar-refractivity contribution in [1.29, 1.82) is 5.26 Å². The molecular formula is C9H7F2NO. The number of nitriles is 1. The molecule has 4 heteroatoms. The van der Waals surface area contributed by atoms with Crippen molar-refractivity contribution in [3.8, 4) is 11.8 Å². The van der Waals surface area contributed by atoms with Gasteiger partial charge < -0.3 is 5.11 Å². The Morgan fingerprint density at radius 3 is 2.31 bits per heavy atom. The van der Waals surface area contributed by atoms with Crippen LogP contribution in [0, 0.1) is 11.3 Å². The molecule has 1 N–H and O–H groups in total. The highest BCUT2D eigenvalue weighted by Crippen LogP contribution is 2.31. The monoisotopic (exact) mass is 183 g/mol. The number of hydrogen-bond acceptors (Lipinski definition) is 2. The molecule has 0 radical (unpaired) electrons. The molecule has 0 fully saturated rings. The van der Waals surface area contributed by atoms with Crippen molar-refractivity contribution in [2.75, 3.05) is 0 Å². The van der Waals surface area contributed by atoms with Crippen LogP contribution in [0.2, 0.25) is 0 Å². The summed E-state index contributed by atoms with van der Waals surface area (Å²) in [6.07, 6.45) is -0.849. The lowest BCUT2D eigenvalue weighted by Gasteiger charge is -2.12. The van der Waals surface area contributed by atoms with Crippen LogP contribution >= 0.6 is 0 Å². The Balaban J connectivity index is 2.95. The highest BCUT2D eigenvalue weighted by Gasteiger charge is 2.30. The van der Waals surface area contributed by atoms with Crippen LogP contribution in [0.3, 0.4) is 0 Å². The molecule has 0 unspecified atom stereocenters. The van der Waals surface area contributed by atoms with Crippen molar-refractivity contribution in [1.82, 2.24) is 0 Å². The van der Waals surface area contributed by atoms with Gasteiger partial charge >= 0.3 is 0 Å². The Bertz CT molecular complexity index is 326. The van der Waals surface area contributed by atoms with Crippen LogP contribution in [0.1, 0.15) is 12.0 Å². The summed E-state index contributed by atoms with van der Waals surface area (Å²) in [5.41, 5.74) is -0.258. The summed E-state index contributed by atoms with van der Waals surface area (Å²) >= 11 is 0. The fourth-order valence-corrected chi connectivity index (χ4v) is 0.907. The molecule has 0 spiro atoms. The number of phenols is 1. The van der Waals surface area contributed by atoms with Crippen LogP contribution in [0.4, 0.5) is 8.78 Å². The lowest BCUT2D eigenvalue weighted by Crippen LogP contribution is -2.11. The number of aromatic hydroxyl groups is 1. The van der Waals surface area contributed by atoms with E-state index >= 15 is 0 Å². The fraction of sp³-hybridized carbons (Fsp3) is 0.222. The number of nitrogens with zero attached hydrogens (tertiary/aromatic N) is 1. The fourth-order valence-electron chi connectivity index (χ4n) is 0.907. The molecule has 0 aromatic heterocycles. The molecule has 0 aliphatic rings. The van der Waals surface area contributed by atoms with E-state index in [1.54, 1.807) is 0 Å².